The van der Waals surface area contributed by atoms with Crippen LogP contribution in [0.3, 0.4) is 0 Å². The Labute approximate surface area is 148 Å². The third kappa shape index (κ3) is 3.58. The van der Waals surface area contributed by atoms with Crippen LogP contribution >= 0.6 is 0 Å². The molecule has 2 N–H and O–H groups in total. The highest BCUT2D eigenvalue weighted by molar-refractivity contribution is 5.93. The lowest BCUT2D eigenvalue weighted by Crippen LogP contribution is -2.34. The maximum atomic E-state index is 12.5. The number of nitrogens with one attached hydrogen (secondary N) is 2. The molecule has 1 saturated heterocycles. The molecule has 0 atom stereocenters. The summed E-state index contributed by atoms with van der Waals surface area (Å²) in [6.07, 6.45) is 6.41. The first-order chi connectivity index (χ1) is 12.3. The van der Waals surface area contributed by atoms with Crippen molar-refractivity contribution in [1.82, 2.24) is 20.1 Å². The molecule has 1 aromatic carbocycles. The highest BCUT2D eigenvalue weighted by Gasteiger charge is 2.21. The first kappa shape index (κ1) is 16.3. The second-order valence-electron chi connectivity index (χ2n) is 7.00. The predicted octanol–water partition coefficient (Wildman–Crippen LogP) is 2.61. The van der Waals surface area contributed by atoms with Crippen LogP contribution < -0.4 is 10.6 Å². The number of carbonyl (C=O) groups is 1. The van der Waals surface area contributed by atoms with Crippen molar-refractivity contribution < 1.29 is 4.79 Å². The zero-order chi connectivity index (χ0) is 17.1. The van der Waals surface area contributed by atoms with Crippen LogP contribution in [0.25, 0.3) is 11.4 Å². The average Bonchev–Trinajstić information content (AvgIpc) is 2.91. The van der Waals surface area contributed by atoms with Crippen molar-refractivity contribution >= 4 is 11.6 Å². The molecule has 2 aromatic rings. The van der Waals surface area contributed by atoms with Gasteiger partial charge >= 0.3 is 0 Å². The molecule has 4 rings (SSSR count). The Balaban J connectivity index is 1.53. The highest BCUT2D eigenvalue weighted by Crippen LogP contribution is 2.25. The van der Waals surface area contributed by atoms with E-state index in [0.29, 0.717) is 0 Å². The molecule has 6 nitrogen and oxygen atoms in total. The third-order valence-electron chi connectivity index (χ3n) is 5.21. The molecule has 25 heavy (non-hydrogen) atoms. The number of aryl methyl sites for hydroxylation is 1. The molecule has 0 unspecified atom stereocenters. The van der Waals surface area contributed by atoms with Crippen LogP contribution in [0.1, 0.15) is 37.9 Å². The van der Waals surface area contributed by atoms with Crippen molar-refractivity contribution in [3.63, 3.8) is 0 Å². The van der Waals surface area contributed by atoms with Crippen LogP contribution in [0.5, 0.6) is 0 Å². The Hall–Kier alpha value is -2.21. The van der Waals surface area contributed by atoms with Gasteiger partial charge in [-0.25, -0.2) is 0 Å². The fraction of sp³-hybridized carbons (Fsp3) is 0.526. The van der Waals surface area contributed by atoms with Crippen molar-refractivity contribution in [3.05, 3.63) is 30.1 Å². The monoisotopic (exact) mass is 339 g/mol. The van der Waals surface area contributed by atoms with Crippen molar-refractivity contribution in [2.75, 3.05) is 18.4 Å². The topological polar surface area (TPSA) is 71.8 Å². The number of hydrogen-bond donors (Lipinski definition) is 2. The number of nitrogens with zero attached hydrogens (tertiary/aromatic N) is 3. The minimum Gasteiger partial charge on any atom is -0.326 e. The molecule has 2 aliphatic rings. The molecule has 0 spiro atoms. The largest absolute Gasteiger partial charge is 0.326 e. The molecule has 1 aromatic heterocycles. The number of amides is 1. The van der Waals surface area contributed by atoms with Crippen LogP contribution in [0.15, 0.2) is 24.3 Å². The Bertz CT molecular complexity index is 748. The Kier molecular flexibility index (Phi) is 4.78. The van der Waals surface area contributed by atoms with Crippen LogP contribution in [0.2, 0.25) is 0 Å². The van der Waals surface area contributed by atoms with E-state index in [9.17, 15) is 4.79 Å². The summed E-state index contributed by atoms with van der Waals surface area (Å²) in [5.41, 5.74) is 1.86. The maximum Gasteiger partial charge on any atom is 0.227 e. The van der Waals surface area contributed by atoms with Crippen LogP contribution in [-0.4, -0.2) is 33.8 Å². The second-order valence-corrected chi connectivity index (χ2v) is 7.00. The number of hydrogen-bond acceptors (Lipinski definition) is 4. The molecular formula is C19H25N5O. The van der Waals surface area contributed by atoms with Crippen molar-refractivity contribution in [1.29, 1.82) is 0 Å². The van der Waals surface area contributed by atoms with Gasteiger partial charge in [0.2, 0.25) is 5.91 Å². The number of piperidine rings is 1. The molecule has 0 bridgehead atoms. The van der Waals surface area contributed by atoms with E-state index >= 15 is 0 Å². The third-order valence-corrected chi connectivity index (χ3v) is 5.21. The average molecular weight is 339 g/mol. The Morgan fingerprint density at radius 2 is 2.04 bits per heavy atom. The SMILES string of the molecule is O=C(Nc1cccc(-c2nnc3n2CCCCC3)c1)C1CCNCC1. The standard InChI is InChI=1S/C19H25N5O/c25-19(14-8-10-20-11-9-14)21-16-6-4-5-15(13-16)18-23-22-17-7-2-1-3-12-24(17)18/h4-6,13-14,20H,1-3,7-12H2,(H,21,25). The van der Waals surface area contributed by atoms with Gasteiger partial charge in [0.05, 0.1) is 0 Å². The van der Waals surface area contributed by atoms with Crippen molar-refractivity contribution in [2.45, 2.75) is 45.1 Å². The molecule has 0 saturated carbocycles. The maximum absolute atomic E-state index is 12.5. The van der Waals surface area contributed by atoms with Crippen LogP contribution in [0, 0.1) is 5.92 Å². The second kappa shape index (κ2) is 7.35. The van der Waals surface area contributed by atoms with Gasteiger partial charge in [-0.15, -0.1) is 10.2 Å². The number of benzene rings is 1. The van der Waals surface area contributed by atoms with Crippen molar-refractivity contribution in [2.24, 2.45) is 5.92 Å². The van der Waals surface area contributed by atoms with E-state index in [1.165, 1.54) is 19.3 Å². The van der Waals surface area contributed by atoms with E-state index in [4.69, 9.17) is 0 Å². The summed E-state index contributed by atoms with van der Waals surface area (Å²) < 4.78 is 2.24. The summed E-state index contributed by atoms with van der Waals surface area (Å²) in [5.74, 6) is 2.22. The van der Waals surface area contributed by atoms with E-state index in [2.05, 4.69) is 25.4 Å². The molecule has 6 heteroatoms. The van der Waals surface area contributed by atoms with E-state index in [0.717, 1.165) is 61.8 Å². The lowest BCUT2D eigenvalue weighted by molar-refractivity contribution is -0.120. The number of fused-ring (bicyclic) bond motifs is 1. The summed E-state index contributed by atoms with van der Waals surface area (Å²) in [6.45, 7) is 2.82. The summed E-state index contributed by atoms with van der Waals surface area (Å²) in [6, 6.07) is 7.98. The molecule has 1 fully saturated rings. The summed E-state index contributed by atoms with van der Waals surface area (Å²) >= 11 is 0. The fourth-order valence-corrected chi connectivity index (χ4v) is 3.76. The van der Waals surface area contributed by atoms with Gasteiger partial charge in [-0.1, -0.05) is 18.6 Å². The van der Waals surface area contributed by atoms with E-state index in [1.54, 1.807) is 0 Å². The zero-order valence-electron chi connectivity index (χ0n) is 14.5. The molecule has 2 aliphatic heterocycles. The smallest absolute Gasteiger partial charge is 0.227 e. The fourth-order valence-electron chi connectivity index (χ4n) is 3.76. The van der Waals surface area contributed by atoms with Gasteiger partial charge in [-0.3, -0.25) is 4.79 Å². The normalized spacial score (nSPS) is 18.4. The Morgan fingerprint density at radius 3 is 2.92 bits per heavy atom. The summed E-state index contributed by atoms with van der Waals surface area (Å²) in [4.78, 5) is 12.5. The molecule has 3 heterocycles. The first-order valence-electron chi connectivity index (χ1n) is 9.35. The minimum atomic E-state index is 0.106. The number of anilines is 1. The lowest BCUT2D eigenvalue weighted by Gasteiger charge is -2.21. The van der Waals surface area contributed by atoms with Gasteiger partial charge in [0.15, 0.2) is 5.82 Å². The number of rotatable bonds is 3. The van der Waals surface area contributed by atoms with Gasteiger partial charge in [-0.2, -0.15) is 0 Å². The number of aromatic nitrogens is 3. The summed E-state index contributed by atoms with van der Waals surface area (Å²) in [7, 11) is 0. The van der Waals surface area contributed by atoms with E-state index < -0.39 is 0 Å². The molecule has 1 amide bonds. The van der Waals surface area contributed by atoms with Gasteiger partial charge < -0.3 is 15.2 Å². The Morgan fingerprint density at radius 1 is 1.16 bits per heavy atom. The summed E-state index contributed by atoms with van der Waals surface area (Å²) in [5, 5.41) is 15.2. The van der Waals surface area contributed by atoms with Crippen LogP contribution in [-0.2, 0) is 17.8 Å². The van der Waals surface area contributed by atoms with Gasteiger partial charge in [-0.05, 0) is 50.9 Å². The molecule has 0 radical (unpaired) electrons. The van der Waals surface area contributed by atoms with Gasteiger partial charge in [0, 0.05) is 30.1 Å². The quantitative estimate of drug-likeness (QED) is 0.902. The lowest BCUT2D eigenvalue weighted by atomic mass is 9.97. The first-order valence-corrected chi connectivity index (χ1v) is 9.35. The van der Waals surface area contributed by atoms with Gasteiger partial charge in [0.25, 0.3) is 0 Å². The number of carbonyl (C=O) groups excluding carboxylic acids is 1. The van der Waals surface area contributed by atoms with Crippen LogP contribution in [0.4, 0.5) is 5.69 Å². The van der Waals surface area contributed by atoms with E-state index in [1.807, 2.05) is 24.3 Å². The zero-order valence-corrected chi connectivity index (χ0v) is 14.5. The van der Waals surface area contributed by atoms with Crippen molar-refractivity contribution in [3.8, 4) is 11.4 Å². The van der Waals surface area contributed by atoms with Gasteiger partial charge in [0.1, 0.15) is 5.82 Å². The molecular weight excluding hydrogens is 314 g/mol. The minimum absolute atomic E-state index is 0.106. The molecule has 0 aliphatic carbocycles. The highest BCUT2D eigenvalue weighted by atomic mass is 16.1. The molecule has 132 valence electrons. The van der Waals surface area contributed by atoms with E-state index in [-0.39, 0.29) is 11.8 Å². The predicted molar refractivity (Wildman–Crippen MR) is 97.2 cm³/mol.